The topological polar surface area (TPSA) is 142 Å². The normalized spacial score (nSPS) is 11.9. The van der Waals surface area contributed by atoms with Crippen LogP contribution < -0.4 is 16.0 Å². The van der Waals surface area contributed by atoms with Crippen LogP contribution in [-0.2, 0) is 14.6 Å². The van der Waals surface area contributed by atoms with Gasteiger partial charge in [-0.1, -0.05) is 23.7 Å². The fourth-order valence-corrected chi connectivity index (χ4v) is 4.21. The van der Waals surface area contributed by atoms with E-state index >= 15 is 0 Å². The molecule has 0 saturated carbocycles. The second kappa shape index (κ2) is 9.53. The molecule has 0 fully saturated rings. The van der Waals surface area contributed by atoms with Gasteiger partial charge in [0.1, 0.15) is 18.2 Å². The van der Waals surface area contributed by atoms with E-state index in [9.17, 15) is 27.5 Å². The van der Waals surface area contributed by atoms with Crippen molar-refractivity contribution in [1.82, 2.24) is 9.78 Å². The Bertz CT molecular complexity index is 1400. The van der Waals surface area contributed by atoms with Gasteiger partial charge in [0, 0.05) is 5.56 Å². The summed E-state index contributed by atoms with van der Waals surface area (Å²) in [7, 11) is -3.92. The average Bonchev–Trinajstić information content (AvgIpc) is 2.73. The number of sulfone groups is 1. The van der Waals surface area contributed by atoms with E-state index in [2.05, 4.69) is 5.10 Å². The van der Waals surface area contributed by atoms with Crippen molar-refractivity contribution in [3.63, 3.8) is 0 Å². The molecule has 1 heterocycles. The summed E-state index contributed by atoms with van der Waals surface area (Å²) >= 11 is 5.83. The van der Waals surface area contributed by atoms with Crippen molar-refractivity contribution < 1.29 is 27.4 Å². The molecule has 9 nitrogen and oxygen atoms in total. The largest absolute Gasteiger partial charge is 0.484 e. The lowest BCUT2D eigenvalue weighted by Gasteiger charge is -2.19. The summed E-state index contributed by atoms with van der Waals surface area (Å²) < 4.78 is 44.6. The van der Waals surface area contributed by atoms with Crippen LogP contribution in [0.2, 0.25) is 5.02 Å². The first-order valence-corrected chi connectivity index (χ1v) is 11.9. The first-order chi connectivity index (χ1) is 15.8. The van der Waals surface area contributed by atoms with Gasteiger partial charge in [0.15, 0.2) is 15.6 Å². The molecule has 3 rings (SSSR count). The number of halogens is 2. The Morgan fingerprint density at radius 1 is 1.24 bits per heavy atom. The predicted octanol–water partition coefficient (Wildman–Crippen LogP) is 2.10. The highest BCUT2D eigenvalue weighted by atomic mass is 35.5. The van der Waals surface area contributed by atoms with Crippen LogP contribution in [0.3, 0.4) is 0 Å². The molecule has 0 saturated heterocycles. The van der Waals surface area contributed by atoms with E-state index in [0.29, 0.717) is 5.56 Å². The molecule has 12 heteroatoms. The molecule has 0 unspecified atom stereocenters. The quantitative estimate of drug-likeness (QED) is 0.473. The van der Waals surface area contributed by atoms with E-state index in [1.165, 1.54) is 56.4 Å². The molecule has 3 N–H and O–H groups in total. The minimum atomic E-state index is -3.92. The number of aromatic nitrogens is 2. The van der Waals surface area contributed by atoms with Crippen LogP contribution in [0.25, 0.3) is 16.8 Å². The monoisotopic (exact) mass is 509 g/mol. The molecule has 0 radical (unpaired) electrons. The highest BCUT2D eigenvalue weighted by Crippen LogP contribution is 2.29. The summed E-state index contributed by atoms with van der Waals surface area (Å²) in [6.07, 6.45) is 1.31. The standard InChI is InChI=1S/C22H21ClFN3O6S/c1-22(2,30)12-33-20-16(13-3-6-15(7-4-13)34(31,32)11-19(25)28)10-26-27(21(20)29)14-5-8-18(24)17(23)9-14/h3-10,30H,11-12H2,1-2H3,(H2,25,28). The third-order valence-electron chi connectivity index (χ3n) is 4.51. The fourth-order valence-electron chi connectivity index (χ4n) is 2.94. The van der Waals surface area contributed by atoms with Gasteiger partial charge in [0.25, 0.3) is 0 Å². The van der Waals surface area contributed by atoms with E-state index in [1.807, 2.05) is 0 Å². The van der Waals surface area contributed by atoms with Crippen molar-refractivity contribution in [2.45, 2.75) is 24.3 Å². The summed E-state index contributed by atoms with van der Waals surface area (Å²) in [5, 5.41) is 14.0. The molecule has 0 aliphatic heterocycles. The highest BCUT2D eigenvalue weighted by molar-refractivity contribution is 7.92. The third-order valence-corrected chi connectivity index (χ3v) is 6.45. The first-order valence-electron chi connectivity index (χ1n) is 9.83. The minimum absolute atomic E-state index is 0.128. The van der Waals surface area contributed by atoms with Gasteiger partial charge in [-0.2, -0.15) is 9.78 Å². The van der Waals surface area contributed by atoms with Gasteiger partial charge in [-0.15, -0.1) is 0 Å². The van der Waals surface area contributed by atoms with Gasteiger partial charge in [-0.3, -0.25) is 9.59 Å². The maximum atomic E-state index is 13.6. The predicted molar refractivity (Wildman–Crippen MR) is 123 cm³/mol. The van der Waals surface area contributed by atoms with E-state index in [0.717, 1.165) is 10.7 Å². The molecule has 0 aliphatic carbocycles. The van der Waals surface area contributed by atoms with Gasteiger partial charge in [-0.05, 0) is 49.7 Å². The van der Waals surface area contributed by atoms with Crippen molar-refractivity contribution in [3.05, 3.63) is 69.9 Å². The van der Waals surface area contributed by atoms with Crippen LogP contribution in [0.15, 0.2) is 58.4 Å². The lowest BCUT2D eigenvalue weighted by molar-refractivity contribution is -0.115. The summed E-state index contributed by atoms with van der Waals surface area (Å²) in [4.78, 5) is 24.1. The van der Waals surface area contributed by atoms with Gasteiger partial charge >= 0.3 is 5.56 Å². The number of amides is 1. The van der Waals surface area contributed by atoms with Crippen molar-refractivity contribution in [2.24, 2.45) is 5.73 Å². The number of nitrogens with two attached hydrogens (primary N) is 1. The van der Waals surface area contributed by atoms with E-state index in [-0.39, 0.29) is 33.5 Å². The number of hydrogen-bond acceptors (Lipinski definition) is 7. The smallest absolute Gasteiger partial charge is 0.314 e. The van der Waals surface area contributed by atoms with Gasteiger partial charge in [-0.25, -0.2) is 12.8 Å². The number of carbonyl (C=O) groups excluding carboxylic acids is 1. The number of aliphatic hydroxyl groups is 1. The molecule has 0 bridgehead atoms. The summed E-state index contributed by atoms with van der Waals surface area (Å²) in [6.45, 7) is 2.74. The second-order valence-corrected chi connectivity index (χ2v) is 10.5. The SMILES string of the molecule is CC(C)(O)COc1c(-c2ccc(S(=O)(=O)CC(N)=O)cc2)cnn(-c2ccc(F)c(Cl)c2)c1=O. The number of nitrogens with zero attached hydrogens (tertiary/aromatic N) is 2. The number of rotatable bonds is 8. The number of benzene rings is 2. The molecule has 34 heavy (non-hydrogen) atoms. The Hall–Kier alpha value is -3.28. The summed E-state index contributed by atoms with van der Waals surface area (Å²) in [5.41, 5.74) is 3.80. The van der Waals surface area contributed by atoms with Crippen molar-refractivity contribution in [1.29, 1.82) is 0 Å². The molecule has 1 amide bonds. The number of carbonyl (C=O) groups is 1. The van der Waals surface area contributed by atoms with E-state index in [4.69, 9.17) is 22.1 Å². The third kappa shape index (κ3) is 5.79. The summed E-state index contributed by atoms with van der Waals surface area (Å²) in [6, 6.07) is 8.98. The van der Waals surface area contributed by atoms with E-state index in [1.54, 1.807) is 0 Å². The zero-order valence-corrected chi connectivity index (χ0v) is 19.7. The molecular weight excluding hydrogens is 489 g/mol. The zero-order valence-electron chi connectivity index (χ0n) is 18.2. The van der Waals surface area contributed by atoms with Crippen molar-refractivity contribution in [3.8, 4) is 22.6 Å². The number of primary amides is 1. The van der Waals surface area contributed by atoms with Gasteiger partial charge in [0.2, 0.25) is 5.91 Å². The number of hydrogen-bond donors (Lipinski definition) is 2. The lowest BCUT2D eigenvalue weighted by Crippen LogP contribution is -2.31. The van der Waals surface area contributed by atoms with Crippen LogP contribution >= 0.6 is 11.6 Å². The zero-order chi connectivity index (χ0) is 25.3. The van der Waals surface area contributed by atoms with Crippen molar-refractivity contribution in [2.75, 3.05) is 12.4 Å². The second-order valence-electron chi connectivity index (χ2n) is 8.05. The molecule has 3 aromatic rings. The van der Waals surface area contributed by atoms with Crippen LogP contribution in [0.4, 0.5) is 4.39 Å². The molecule has 0 atom stereocenters. The molecule has 2 aromatic carbocycles. The maximum Gasteiger partial charge on any atom is 0.314 e. The average molecular weight is 510 g/mol. The Balaban J connectivity index is 2.11. The van der Waals surface area contributed by atoms with Gasteiger partial charge in [0.05, 0.1) is 27.4 Å². The molecule has 180 valence electrons. The van der Waals surface area contributed by atoms with Crippen LogP contribution in [0.5, 0.6) is 5.75 Å². The molecule has 1 aromatic heterocycles. The molecule has 0 spiro atoms. The Labute approximate surface area is 199 Å². The first kappa shape index (κ1) is 25.3. The highest BCUT2D eigenvalue weighted by Gasteiger charge is 2.22. The fraction of sp³-hybridized carbons (Fsp3) is 0.227. The minimum Gasteiger partial charge on any atom is -0.484 e. The van der Waals surface area contributed by atoms with Crippen molar-refractivity contribution >= 4 is 27.3 Å². The Morgan fingerprint density at radius 2 is 1.88 bits per heavy atom. The van der Waals surface area contributed by atoms with E-state index < -0.39 is 38.5 Å². The van der Waals surface area contributed by atoms with Gasteiger partial charge < -0.3 is 15.6 Å². The van der Waals surface area contributed by atoms with Crippen LogP contribution in [0, 0.1) is 5.82 Å². The summed E-state index contributed by atoms with van der Waals surface area (Å²) in [5.74, 6) is -2.67. The lowest BCUT2D eigenvalue weighted by atomic mass is 10.1. The maximum absolute atomic E-state index is 13.6. The van der Waals surface area contributed by atoms with Crippen LogP contribution in [0.1, 0.15) is 13.8 Å². The Morgan fingerprint density at radius 3 is 2.44 bits per heavy atom. The number of ether oxygens (including phenoxy) is 1. The van der Waals surface area contributed by atoms with Crippen LogP contribution in [-0.4, -0.2) is 47.2 Å². The Kier molecular flexibility index (Phi) is 7.10. The molecule has 0 aliphatic rings. The molecular formula is C22H21ClFN3O6S.